The number of hydrazine groups is 1. The van der Waals surface area contributed by atoms with E-state index in [0.29, 0.717) is 13.2 Å². The van der Waals surface area contributed by atoms with Crippen molar-refractivity contribution in [1.29, 1.82) is 0 Å². The summed E-state index contributed by atoms with van der Waals surface area (Å²) in [6, 6.07) is 0.154. The van der Waals surface area contributed by atoms with E-state index in [1.807, 2.05) is 6.92 Å². The van der Waals surface area contributed by atoms with Crippen molar-refractivity contribution >= 4 is 17.9 Å². The molecular formula is C9H16N6O3. The highest BCUT2D eigenvalue weighted by Crippen LogP contribution is 2.10. The second-order valence-corrected chi connectivity index (χ2v) is 3.10. The zero-order valence-electron chi connectivity index (χ0n) is 10.3. The van der Waals surface area contributed by atoms with Gasteiger partial charge in [-0.2, -0.15) is 15.0 Å². The van der Waals surface area contributed by atoms with Crippen molar-refractivity contribution in [3.8, 4) is 6.01 Å². The van der Waals surface area contributed by atoms with Gasteiger partial charge in [0.15, 0.2) is 0 Å². The number of hydrogen-bond acceptors (Lipinski definition) is 9. The average molecular weight is 256 g/mol. The summed E-state index contributed by atoms with van der Waals surface area (Å²) >= 11 is 0. The third kappa shape index (κ3) is 4.37. The van der Waals surface area contributed by atoms with E-state index in [4.69, 9.17) is 10.6 Å². The molecule has 9 nitrogen and oxygen atoms in total. The Morgan fingerprint density at radius 3 is 2.67 bits per heavy atom. The fourth-order valence-electron chi connectivity index (χ4n) is 1.07. The van der Waals surface area contributed by atoms with E-state index in [1.54, 1.807) is 0 Å². The van der Waals surface area contributed by atoms with Gasteiger partial charge in [-0.25, -0.2) is 5.84 Å². The smallest absolute Gasteiger partial charge is 0.323 e. The lowest BCUT2D eigenvalue weighted by Crippen LogP contribution is -2.16. The fourth-order valence-corrected chi connectivity index (χ4v) is 1.07. The van der Waals surface area contributed by atoms with Crippen LogP contribution in [-0.4, -0.2) is 41.2 Å². The zero-order chi connectivity index (χ0) is 13.4. The van der Waals surface area contributed by atoms with Crippen LogP contribution in [0.25, 0.3) is 0 Å². The van der Waals surface area contributed by atoms with Gasteiger partial charge in [0.2, 0.25) is 11.9 Å². The average Bonchev–Trinajstić information content (AvgIpc) is 2.38. The number of ether oxygens (including phenoxy) is 2. The maximum Gasteiger partial charge on any atom is 0.323 e. The number of nitrogens with two attached hydrogens (primary N) is 1. The van der Waals surface area contributed by atoms with Gasteiger partial charge in [-0.1, -0.05) is 0 Å². The van der Waals surface area contributed by atoms with Crippen molar-refractivity contribution in [2.45, 2.75) is 13.3 Å². The molecular weight excluding hydrogens is 240 g/mol. The maximum atomic E-state index is 10.9. The number of nitrogen functional groups attached to an aromatic ring is 1. The first-order chi connectivity index (χ1) is 8.69. The van der Waals surface area contributed by atoms with Crippen LogP contribution in [0, 0.1) is 0 Å². The molecule has 0 bridgehead atoms. The molecule has 1 aromatic rings. The van der Waals surface area contributed by atoms with Crippen LogP contribution in [0.4, 0.5) is 11.9 Å². The molecule has 0 aliphatic carbocycles. The van der Waals surface area contributed by atoms with Gasteiger partial charge in [0, 0.05) is 6.54 Å². The van der Waals surface area contributed by atoms with Gasteiger partial charge in [0.25, 0.3) is 0 Å². The molecule has 0 spiro atoms. The summed E-state index contributed by atoms with van der Waals surface area (Å²) in [5.74, 6) is 5.35. The molecule has 9 heteroatoms. The first kappa shape index (κ1) is 13.9. The van der Waals surface area contributed by atoms with Gasteiger partial charge < -0.3 is 14.8 Å². The zero-order valence-corrected chi connectivity index (χ0v) is 10.3. The Balaban J connectivity index is 2.63. The number of rotatable bonds is 7. The SMILES string of the molecule is CCOc1nc(NN)nc(NCCC(=O)OC)n1. The van der Waals surface area contributed by atoms with Gasteiger partial charge >= 0.3 is 12.0 Å². The molecule has 18 heavy (non-hydrogen) atoms. The summed E-state index contributed by atoms with van der Waals surface area (Å²) in [7, 11) is 1.33. The number of carbonyl (C=O) groups is 1. The Hall–Kier alpha value is -2.16. The molecule has 100 valence electrons. The summed E-state index contributed by atoms with van der Waals surface area (Å²) in [6.07, 6.45) is 0.206. The molecule has 0 aliphatic heterocycles. The molecule has 4 N–H and O–H groups in total. The summed E-state index contributed by atoms with van der Waals surface area (Å²) in [5.41, 5.74) is 2.30. The summed E-state index contributed by atoms with van der Waals surface area (Å²) in [4.78, 5) is 22.8. The minimum Gasteiger partial charge on any atom is -0.469 e. The topological polar surface area (TPSA) is 124 Å². The lowest BCUT2D eigenvalue weighted by molar-refractivity contribution is -0.140. The van der Waals surface area contributed by atoms with Crippen LogP contribution in [0.15, 0.2) is 0 Å². The van der Waals surface area contributed by atoms with Crippen molar-refractivity contribution in [2.24, 2.45) is 5.84 Å². The fraction of sp³-hybridized carbons (Fsp3) is 0.556. The van der Waals surface area contributed by atoms with E-state index in [2.05, 4.69) is 30.4 Å². The lowest BCUT2D eigenvalue weighted by Gasteiger charge is -2.07. The summed E-state index contributed by atoms with van der Waals surface area (Å²) in [5, 5.41) is 2.84. The number of esters is 1. The molecule has 0 radical (unpaired) electrons. The van der Waals surface area contributed by atoms with Crippen LogP contribution >= 0.6 is 0 Å². The van der Waals surface area contributed by atoms with Gasteiger partial charge in [-0.3, -0.25) is 10.2 Å². The second kappa shape index (κ2) is 7.22. The van der Waals surface area contributed by atoms with Crippen molar-refractivity contribution < 1.29 is 14.3 Å². The molecule has 0 aliphatic rings. The lowest BCUT2D eigenvalue weighted by atomic mass is 10.4. The molecule has 1 rings (SSSR count). The second-order valence-electron chi connectivity index (χ2n) is 3.10. The molecule has 0 amide bonds. The molecule has 1 aromatic heterocycles. The predicted molar refractivity (Wildman–Crippen MR) is 63.9 cm³/mol. The first-order valence-electron chi connectivity index (χ1n) is 5.35. The molecule has 0 fully saturated rings. The van der Waals surface area contributed by atoms with Crippen LogP contribution in [-0.2, 0) is 9.53 Å². The van der Waals surface area contributed by atoms with E-state index in [0.717, 1.165) is 0 Å². The Morgan fingerprint density at radius 1 is 1.33 bits per heavy atom. The maximum absolute atomic E-state index is 10.9. The number of aromatic nitrogens is 3. The van der Waals surface area contributed by atoms with Crippen LogP contribution in [0.2, 0.25) is 0 Å². The number of anilines is 2. The van der Waals surface area contributed by atoms with Crippen molar-refractivity contribution in [3.63, 3.8) is 0 Å². The number of nitrogens with one attached hydrogen (secondary N) is 2. The standard InChI is InChI=1S/C9H16N6O3/c1-3-18-9-13-7(12-8(14-9)15-10)11-5-4-6(16)17-2/h3-5,10H2,1-2H3,(H2,11,12,13,14,15). The summed E-state index contributed by atoms with van der Waals surface area (Å²) < 4.78 is 9.65. The van der Waals surface area contributed by atoms with E-state index in [-0.39, 0.29) is 30.3 Å². The van der Waals surface area contributed by atoms with Crippen LogP contribution < -0.4 is 21.3 Å². The Bertz CT molecular complexity index is 400. The normalized spacial score (nSPS) is 9.72. The molecule has 0 unspecified atom stereocenters. The highest BCUT2D eigenvalue weighted by Gasteiger charge is 2.07. The largest absolute Gasteiger partial charge is 0.469 e. The summed E-state index contributed by atoms with van der Waals surface area (Å²) in [6.45, 7) is 2.57. The number of carbonyl (C=O) groups excluding carboxylic acids is 1. The monoisotopic (exact) mass is 256 g/mol. The van der Waals surface area contributed by atoms with E-state index in [1.165, 1.54) is 7.11 Å². The van der Waals surface area contributed by atoms with Gasteiger partial charge in [0.1, 0.15) is 0 Å². The highest BCUT2D eigenvalue weighted by atomic mass is 16.5. The Labute approximate surface area is 104 Å². The third-order valence-electron chi connectivity index (χ3n) is 1.86. The van der Waals surface area contributed by atoms with Crippen molar-refractivity contribution in [1.82, 2.24) is 15.0 Å². The molecule has 0 saturated carbocycles. The third-order valence-corrected chi connectivity index (χ3v) is 1.86. The number of hydrogen-bond donors (Lipinski definition) is 3. The van der Waals surface area contributed by atoms with Crippen LogP contribution in [0.5, 0.6) is 6.01 Å². The van der Waals surface area contributed by atoms with E-state index in [9.17, 15) is 4.79 Å². The highest BCUT2D eigenvalue weighted by molar-refractivity contribution is 5.69. The molecule has 0 saturated heterocycles. The Kier molecular flexibility index (Phi) is 5.58. The van der Waals surface area contributed by atoms with Crippen LogP contribution in [0.3, 0.4) is 0 Å². The predicted octanol–water partition coefficient (Wildman–Crippen LogP) is -0.469. The van der Waals surface area contributed by atoms with Gasteiger partial charge in [0.05, 0.1) is 20.1 Å². The minimum atomic E-state index is -0.321. The molecule has 0 atom stereocenters. The molecule has 0 aromatic carbocycles. The number of nitrogens with zero attached hydrogens (tertiary/aromatic N) is 3. The van der Waals surface area contributed by atoms with Crippen LogP contribution in [0.1, 0.15) is 13.3 Å². The van der Waals surface area contributed by atoms with Gasteiger partial charge in [-0.05, 0) is 6.92 Å². The molecule has 1 heterocycles. The quantitative estimate of drug-likeness (QED) is 0.337. The first-order valence-corrected chi connectivity index (χ1v) is 5.35. The Morgan fingerprint density at radius 2 is 2.06 bits per heavy atom. The van der Waals surface area contributed by atoms with Crippen molar-refractivity contribution in [2.75, 3.05) is 31.0 Å². The number of methoxy groups -OCH3 is 1. The van der Waals surface area contributed by atoms with E-state index < -0.39 is 0 Å². The minimum absolute atomic E-state index is 0.154. The van der Waals surface area contributed by atoms with Gasteiger partial charge in [-0.15, -0.1) is 0 Å². The van der Waals surface area contributed by atoms with Crippen molar-refractivity contribution in [3.05, 3.63) is 0 Å². The van der Waals surface area contributed by atoms with E-state index >= 15 is 0 Å².